The van der Waals surface area contributed by atoms with Crippen molar-refractivity contribution in [2.24, 2.45) is 0 Å². The Labute approximate surface area is 139 Å². The van der Waals surface area contributed by atoms with E-state index in [1.54, 1.807) is 6.07 Å². The summed E-state index contributed by atoms with van der Waals surface area (Å²) in [6.45, 7) is 5.46. The van der Waals surface area contributed by atoms with Gasteiger partial charge in [-0.1, -0.05) is 0 Å². The van der Waals surface area contributed by atoms with Crippen molar-refractivity contribution < 1.29 is 4.39 Å². The second kappa shape index (κ2) is 6.97. The molecule has 3 aromatic rings. The summed E-state index contributed by atoms with van der Waals surface area (Å²) in [6.07, 6.45) is 1.96. The Morgan fingerprint density at radius 3 is 2.83 bits per heavy atom. The molecule has 0 radical (unpaired) electrons. The van der Waals surface area contributed by atoms with Gasteiger partial charge in [0.25, 0.3) is 0 Å². The predicted molar refractivity (Wildman–Crippen MR) is 92.6 cm³/mol. The lowest BCUT2D eigenvalue weighted by atomic mass is 10.1. The summed E-state index contributed by atoms with van der Waals surface area (Å²) in [5.74, 6) is -0.399. The van der Waals surface area contributed by atoms with Crippen molar-refractivity contribution >= 4 is 10.9 Å². The van der Waals surface area contributed by atoms with Gasteiger partial charge in [0.15, 0.2) is 5.43 Å². The van der Waals surface area contributed by atoms with E-state index in [0.29, 0.717) is 17.4 Å². The lowest BCUT2D eigenvalue weighted by molar-refractivity contribution is 0.629. The van der Waals surface area contributed by atoms with Gasteiger partial charge in [-0.05, 0) is 57.0 Å². The fourth-order valence-electron chi connectivity index (χ4n) is 2.93. The number of rotatable bonds is 6. The number of fused-ring (bicyclic) bond motifs is 1. The lowest BCUT2D eigenvalue weighted by Crippen LogP contribution is -2.18. The SMILES string of the molecule is Cc1n[nH]c(C)c1CCCNCc1cc(=O)c2cc(F)ccc2[nH]1. The van der Waals surface area contributed by atoms with Crippen LogP contribution < -0.4 is 10.7 Å². The molecule has 6 heteroatoms. The van der Waals surface area contributed by atoms with Crippen molar-refractivity contribution in [3.05, 3.63) is 63.0 Å². The van der Waals surface area contributed by atoms with Crippen molar-refractivity contribution in [1.29, 1.82) is 0 Å². The summed E-state index contributed by atoms with van der Waals surface area (Å²) in [6, 6.07) is 5.74. The van der Waals surface area contributed by atoms with Crippen LogP contribution in [0.4, 0.5) is 4.39 Å². The molecule has 0 spiro atoms. The molecule has 1 aromatic carbocycles. The number of H-pyrrole nitrogens is 2. The van der Waals surface area contributed by atoms with E-state index in [9.17, 15) is 9.18 Å². The van der Waals surface area contributed by atoms with E-state index >= 15 is 0 Å². The summed E-state index contributed by atoms with van der Waals surface area (Å²) in [4.78, 5) is 15.2. The highest BCUT2D eigenvalue weighted by Gasteiger charge is 2.06. The maximum absolute atomic E-state index is 13.2. The monoisotopic (exact) mass is 328 g/mol. The first-order valence-corrected chi connectivity index (χ1v) is 8.07. The van der Waals surface area contributed by atoms with E-state index in [0.717, 1.165) is 36.5 Å². The molecule has 0 aliphatic carbocycles. The van der Waals surface area contributed by atoms with Crippen LogP contribution in [-0.2, 0) is 13.0 Å². The first-order chi connectivity index (χ1) is 11.5. The molecular formula is C18H21FN4O. The molecule has 0 aliphatic heterocycles. The molecule has 0 bridgehead atoms. The van der Waals surface area contributed by atoms with E-state index in [-0.39, 0.29) is 5.43 Å². The number of benzene rings is 1. The highest BCUT2D eigenvalue weighted by atomic mass is 19.1. The van der Waals surface area contributed by atoms with Crippen LogP contribution in [0.1, 0.15) is 29.1 Å². The fraction of sp³-hybridized carbons (Fsp3) is 0.333. The molecule has 3 rings (SSSR count). The van der Waals surface area contributed by atoms with Crippen LogP contribution in [0, 0.1) is 19.7 Å². The molecule has 0 unspecified atom stereocenters. The quantitative estimate of drug-likeness (QED) is 0.609. The molecule has 3 N–H and O–H groups in total. The Kier molecular flexibility index (Phi) is 4.76. The predicted octanol–water partition coefficient (Wildman–Crippen LogP) is 2.73. The topological polar surface area (TPSA) is 73.6 Å². The van der Waals surface area contributed by atoms with Crippen LogP contribution in [0.15, 0.2) is 29.1 Å². The van der Waals surface area contributed by atoms with Gasteiger partial charge in [0, 0.05) is 34.9 Å². The van der Waals surface area contributed by atoms with Gasteiger partial charge in [-0.25, -0.2) is 4.39 Å². The number of nitrogens with one attached hydrogen (secondary N) is 3. The zero-order chi connectivity index (χ0) is 17.1. The van der Waals surface area contributed by atoms with Crippen molar-refractivity contribution in [3.8, 4) is 0 Å². The maximum Gasteiger partial charge on any atom is 0.189 e. The van der Waals surface area contributed by atoms with Crippen LogP contribution >= 0.6 is 0 Å². The number of aryl methyl sites for hydroxylation is 2. The smallest absolute Gasteiger partial charge is 0.189 e. The molecule has 0 atom stereocenters. The van der Waals surface area contributed by atoms with Crippen molar-refractivity contribution in [3.63, 3.8) is 0 Å². The second-order valence-corrected chi connectivity index (χ2v) is 6.04. The van der Waals surface area contributed by atoms with E-state index in [2.05, 4.69) is 20.5 Å². The molecule has 24 heavy (non-hydrogen) atoms. The van der Waals surface area contributed by atoms with Gasteiger partial charge < -0.3 is 10.3 Å². The largest absolute Gasteiger partial charge is 0.357 e. The summed E-state index contributed by atoms with van der Waals surface area (Å²) < 4.78 is 13.2. The first-order valence-electron chi connectivity index (χ1n) is 8.07. The van der Waals surface area contributed by atoms with Crippen LogP contribution in [0.5, 0.6) is 0 Å². The van der Waals surface area contributed by atoms with Gasteiger partial charge in [-0.2, -0.15) is 5.10 Å². The molecule has 0 aliphatic rings. The average molecular weight is 328 g/mol. The number of halogens is 1. The zero-order valence-corrected chi connectivity index (χ0v) is 13.9. The van der Waals surface area contributed by atoms with Crippen molar-refractivity contribution in [2.75, 3.05) is 6.54 Å². The molecular weight excluding hydrogens is 307 g/mol. The molecule has 0 saturated carbocycles. The third kappa shape index (κ3) is 3.54. The first kappa shape index (κ1) is 16.4. The van der Waals surface area contributed by atoms with E-state index < -0.39 is 5.82 Å². The second-order valence-electron chi connectivity index (χ2n) is 6.04. The van der Waals surface area contributed by atoms with Crippen molar-refractivity contribution in [1.82, 2.24) is 20.5 Å². The summed E-state index contributed by atoms with van der Waals surface area (Å²) in [7, 11) is 0. The van der Waals surface area contributed by atoms with E-state index in [1.165, 1.54) is 23.8 Å². The standard InChI is InChI=1S/C18H21FN4O/c1-11-15(12(2)23-22-11)4-3-7-20-10-14-9-18(24)16-8-13(19)5-6-17(16)21-14/h5-6,8-9,20H,3-4,7,10H2,1-2H3,(H,21,24)(H,22,23). The lowest BCUT2D eigenvalue weighted by Gasteiger charge is -2.07. The molecule has 2 heterocycles. The van der Waals surface area contributed by atoms with Gasteiger partial charge in [-0.15, -0.1) is 0 Å². The number of nitrogens with zero attached hydrogens (tertiary/aromatic N) is 1. The Balaban J connectivity index is 1.56. The van der Waals surface area contributed by atoms with Crippen LogP contribution in [0.3, 0.4) is 0 Å². The molecule has 0 fully saturated rings. The number of aromatic nitrogens is 3. The third-order valence-electron chi connectivity index (χ3n) is 4.22. The summed E-state index contributed by atoms with van der Waals surface area (Å²) in [5.41, 5.74) is 4.75. The van der Waals surface area contributed by atoms with Crippen molar-refractivity contribution in [2.45, 2.75) is 33.2 Å². The third-order valence-corrected chi connectivity index (χ3v) is 4.22. The number of hydrogen-bond acceptors (Lipinski definition) is 3. The summed E-state index contributed by atoms with van der Waals surface area (Å²) >= 11 is 0. The number of aromatic amines is 2. The van der Waals surface area contributed by atoms with E-state index in [4.69, 9.17) is 0 Å². The van der Waals surface area contributed by atoms with Gasteiger partial charge in [-0.3, -0.25) is 9.89 Å². The van der Waals surface area contributed by atoms with Crippen LogP contribution in [0.2, 0.25) is 0 Å². The summed E-state index contributed by atoms with van der Waals surface area (Å²) in [5, 5.41) is 10.9. The molecule has 126 valence electrons. The molecule has 5 nitrogen and oxygen atoms in total. The highest BCUT2D eigenvalue weighted by Crippen LogP contribution is 2.12. The Morgan fingerprint density at radius 2 is 2.08 bits per heavy atom. The minimum absolute atomic E-state index is 0.162. The highest BCUT2D eigenvalue weighted by molar-refractivity contribution is 5.78. The van der Waals surface area contributed by atoms with Gasteiger partial charge >= 0.3 is 0 Å². The normalized spacial score (nSPS) is 11.3. The molecule has 0 amide bonds. The molecule has 0 saturated heterocycles. The average Bonchev–Trinajstić information content (AvgIpc) is 2.87. The number of hydrogen-bond donors (Lipinski definition) is 3. The van der Waals surface area contributed by atoms with Gasteiger partial charge in [0.1, 0.15) is 5.82 Å². The molecule has 2 aromatic heterocycles. The van der Waals surface area contributed by atoms with Gasteiger partial charge in [0.2, 0.25) is 0 Å². The zero-order valence-electron chi connectivity index (χ0n) is 13.9. The Bertz CT molecular complexity index is 894. The van der Waals surface area contributed by atoms with Crippen LogP contribution in [-0.4, -0.2) is 21.7 Å². The Morgan fingerprint density at radius 1 is 1.25 bits per heavy atom. The van der Waals surface area contributed by atoms with E-state index in [1.807, 2.05) is 13.8 Å². The Hall–Kier alpha value is -2.47. The maximum atomic E-state index is 13.2. The minimum atomic E-state index is -0.399. The van der Waals surface area contributed by atoms with Gasteiger partial charge in [0.05, 0.1) is 5.69 Å². The van der Waals surface area contributed by atoms with Crippen LogP contribution in [0.25, 0.3) is 10.9 Å². The fourth-order valence-corrected chi connectivity index (χ4v) is 2.93. The minimum Gasteiger partial charge on any atom is -0.357 e. The number of pyridine rings is 1.